The third-order valence-electron chi connectivity index (χ3n) is 1.42. The van der Waals surface area contributed by atoms with Gasteiger partial charge in [0.05, 0.1) is 0 Å². The Labute approximate surface area is 65.3 Å². The number of Topliss-reactive ketones (excluding diaryl/α,β-unsaturated/α-hetero) is 1. The first-order chi connectivity index (χ1) is 5.24. The van der Waals surface area contributed by atoms with Crippen LogP contribution in [0.15, 0.2) is 24.3 Å². The molecule has 0 aromatic heterocycles. The molecule has 1 aromatic carbocycles. The Morgan fingerprint density at radius 2 is 1.91 bits per heavy atom. The Balaban J connectivity index is 3.03. The van der Waals surface area contributed by atoms with E-state index >= 15 is 0 Å². The molecular weight excluding hydrogens is 138 g/mol. The molecule has 0 heterocycles. The molecule has 0 amide bonds. The van der Waals surface area contributed by atoms with Gasteiger partial charge in [0, 0.05) is 17.7 Å². The van der Waals surface area contributed by atoms with Crippen molar-refractivity contribution in [1.29, 1.82) is 0 Å². The largest absolute Gasteiger partial charge is 0.339 e. The monoisotopic (exact) mass is 146 g/mol. The summed E-state index contributed by atoms with van der Waals surface area (Å²) in [7, 11) is 0. The fraction of sp³-hybridized carbons (Fsp3) is 0.111. The first-order valence-corrected chi connectivity index (χ1v) is 3.26. The lowest BCUT2D eigenvalue weighted by atomic mass is 10.1. The molecule has 0 aliphatic carbocycles. The van der Waals surface area contributed by atoms with Crippen LogP contribution in [0.5, 0.6) is 0 Å². The summed E-state index contributed by atoms with van der Waals surface area (Å²) in [5, 5.41) is 0. The van der Waals surface area contributed by atoms with E-state index in [4.69, 9.17) is 6.57 Å². The number of hydrogen-bond donors (Lipinski definition) is 0. The third kappa shape index (κ3) is 1.65. The Bertz CT molecular complexity index is 305. The number of rotatable bonds is 1. The van der Waals surface area contributed by atoms with E-state index in [1.165, 1.54) is 6.92 Å². The van der Waals surface area contributed by atoms with Crippen LogP contribution >= 0.6 is 0 Å². The van der Waals surface area contributed by atoms with Crippen LogP contribution in [0.25, 0.3) is 4.85 Å². The minimum atomic E-state index is 0.0496. The van der Waals surface area contributed by atoms with Gasteiger partial charge in [0.15, 0.2) is 5.78 Å². The Morgan fingerprint density at radius 3 is 2.27 bits per heavy atom. The molecule has 0 aliphatic rings. The smallest absolute Gasteiger partial charge is 0.295 e. The number of benzene rings is 1. The van der Waals surface area contributed by atoms with Crippen LogP contribution in [0.4, 0.5) is 5.69 Å². The van der Waals surface area contributed by atoms with Gasteiger partial charge in [-0.15, -0.1) is 0 Å². The molecule has 0 radical (unpaired) electrons. The van der Waals surface area contributed by atoms with Gasteiger partial charge in [-0.05, 0) is 23.9 Å². The minimum absolute atomic E-state index is 0.0496. The first-order valence-electron chi connectivity index (χ1n) is 3.26. The van der Waals surface area contributed by atoms with Gasteiger partial charge in [-0.1, -0.05) is 0 Å². The van der Waals surface area contributed by atoms with Crippen molar-refractivity contribution in [2.75, 3.05) is 0 Å². The van der Waals surface area contributed by atoms with Gasteiger partial charge in [-0.3, -0.25) is 4.79 Å². The van der Waals surface area contributed by atoms with E-state index in [-0.39, 0.29) is 5.78 Å². The number of ketones is 1. The summed E-state index contributed by atoms with van der Waals surface area (Å²) >= 11 is 0. The lowest BCUT2D eigenvalue weighted by Crippen LogP contribution is -1.88. The molecule has 0 spiro atoms. The number of hydrogen-bond acceptors (Lipinski definition) is 1. The SMILES string of the molecule is C#[N+]c1ccc(C(C)=O)cc1. The van der Waals surface area contributed by atoms with E-state index in [0.717, 1.165) is 0 Å². The molecule has 0 aliphatic heterocycles. The lowest BCUT2D eigenvalue weighted by Gasteiger charge is -1.89. The maximum Gasteiger partial charge on any atom is 0.339 e. The average Bonchev–Trinajstić information content (AvgIpc) is 2.05. The van der Waals surface area contributed by atoms with Gasteiger partial charge in [0.1, 0.15) is 0 Å². The van der Waals surface area contributed by atoms with Crippen LogP contribution in [-0.4, -0.2) is 5.78 Å². The van der Waals surface area contributed by atoms with Crippen molar-refractivity contribution in [3.05, 3.63) is 34.7 Å². The van der Waals surface area contributed by atoms with Gasteiger partial charge in [0.2, 0.25) is 0 Å². The second-order valence-electron chi connectivity index (χ2n) is 2.23. The molecule has 0 bridgehead atoms. The number of nitrogens with zero attached hydrogens (tertiary/aromatic N) is 1. The average molecular weight is 146 g/mol. The summed E-state index contributed by atoms with van der Waals surface area (Å²) in [4.78, 5) is 14.2. The molecule has 0 N–H and O–H groups in total. The van der Waals surface area contributed by atoms with Crippen LogP contribution in [0, 0.1) is 6.57 Å². The van der Waals surface area contributed by atoms with Crippen LogP contribution in [-0.2, 0) is 0 Å². The second kappa shape index (κ2) is 2.98. The zero-order valence-electron chi connectivity index (χ0n) is 6.24. The van der Waals surface area contributed by atoms with Crippen molar-refractivity contribution in [1.82, 2.24) is 0 Å². The maximum absolute atomic E-state index is 10.8. The van der Waals surface area contributed by atoms with Gasteiger partial charge < -0.3 is 0 Å². The molecule has 1 rings (SSSR count). The number of carbonyl (C=O) groups excluding carboxylic acids is 1. The fourth-order valence-electron chi connectivity index (χ4n) is 0.782. The van der Waals surface area contributed by atoms with Crippen LogP contribution in [0.1, 0.15) is 17.3 Å². The summed E-state index contributed by atoms with van der Waals surface area (Å²) < 4.78 is 0. The summed E-state index contributed by atoms with van der Waals surface area (Å²) in [6.07, 6.45) is 0. The molecule has 0 saturated heterocycles. The van der Waals surface area contributed by atoms with Crippen molar-refractivity contribution in [3.63, 3.8) is 0 Å². The van der Waals surface area contributed by atoms with Gasteiger partial charge in [-0.2, -0.15) is 0 Å². The predicted molar refractivity (Wildman–Crippen MR) is 44.4 cm³/mol. The topological polar surface area (TPSA) is 21.4 Å². The van der Waals surface area contributed by atoms with E-state index in [2.05, 4.69) is 4.85 Å². The maximum atomic E-state index is 10.8. The normalized spacial score (nSPS) is 8.73. The molecule has 11 heavy (non-hydrogen) atoms. The van der Waals surface area contributed by atoms with Crippen LogP contribution in [0.2, 0.25) is 0 Å². The highest BCUT2D eigenvalue weighted by molar-refractivity contribution is 5.94. The van der Waals surface area contributed by atoms with E-state index in [9.17, 15) is 4.79 Å². The molecule has 1 aromatic rings. The third-order valence-corrected chi connectivity index (χ3v) is 1.42. The van der Waals surface area contributed by atoms with Crippen LogP contribution < -0.4 is 0 Å². The zero-order chi connectivity index (χ0) is 8.27. The van der Waals surface area contributed by atoms with Crippen molar-refractivity contribution < 1.29 is 4.79 Å². The minimum Gasteiger partial charge on any atom is -0.295 e. The molecule has 0 atom stereocenters. The second-order valence-corrected chi connectivity index (χ2v) is 2.23. The quantitative estimate of drug-likeness (QED) is 0.558. The molecule has 0 fully saturated rings. The molecule has 0 unspecified atom stereocenters. The van der Waals surface area contributed by atoms with E-state index < -0.39 is 0 Å². The van der Waals surface area contributed by atoms with Gasteiger partial charge in [-0.25, -0.2) is 0 Å². The van der Waals surface area contributed by atoms with E-state index in [1.807, 2.05) is 0 Å². The molecule has 0 saturated carbocycles. The van der Waals surface area contributed by atoms with Crippen molar-refractivity contribution in [3.8, 4) is 6.57 Å². The zero-order valence-corrected chi connectivity index (χ0v) is 6.24. The molecule has 54 valence electrons. The Kier molecular flexibility index (Phi) is 2.03. The molecule has 2 nitrogen and oxygen atoms in total. The van der Waals surface area contributed by atoms with Crippen molar-refractivity contribution in [2.24, 2.45) is 0 Å². The van der Waals surface area contributed by atoms with Crippen molar-refractivity contribution >= 4 is 11.5 Å². The summed E-state index contributed by atoms with van der Waals surface area (Å²) in [5.74, 6) is 0.0496. The van der Waals surface area contributed by atoms with Crippen LogP contribution in [0.3, 0.4) is 0 Å². The fourth-order valence-corrected chi connectivity index (χ4v) is 0.782. The first kappa shape index (κ1) is 7.49. The van der Waals surface area contributed by atoms with Crippen molar-refractivity contribution in [2.45, 2.75) is 6.92 Å². The van der Waals surface area contributed by atoms with E-state index in [0.29, 0.717) is 11.3 Å². The molecular formula is C9H8NO+. The number of carbonyl (C=O) groups is 1. The van der Waals surface area contributed by atoms with Gasteiger partial charge in [0.25, 0.3) is 6.57 Å². The summed E-state index contributed by atoms with van der Waals surface area (Å²) in [5.41, 5.74) is 1.35. The highest BCUT2D eigenvalue weighted by Gasteiger charge is 2.01. The van der Waals surface area contributed by atoms with E-state index in [1.54, 1.807) is 24.3 Å². The highest BCUT2D eigenvalue weighted by Crippen LogP contribution is 2.12. The summed E-state index contributed by atoms with van der Waals surface area (Å²) in [6, 6.07) is 6.82. The Morgan fingerprint density at radius 1 is 1.36 bits per heavy atom. The standard InChI is InChI=1S/C9H8NO/c1-7(11)8-3-5-9(10-2)6-4-8/h2-6H,1H3/q+1. The summed E-state index contributed by atoms with van der Waals surface area (Å²) in [6.45, 7) is 6.54. The molecule has 2 heteroatoms. The van der Waals surface area contributed by atoms with Gasteiger partial charge >= 0.3 is 5.69 Å². The predicted octanol–water partition coefficient (Wildman–Crippen LogP) is 2.48. The lowest BCUT2D eigenvalue weighted by molar-refractivity contribution is 0.101. The Hall–Kier alpha value is -1.62. The highest BCUT2D eigenvalue weighted by atomic mass is 16.1.